The average Bonchev–Trinajstić information content (AvgIpc) is 2.69. The predicted molar refractivity (Wildman–Crippen MR) is 68.1 cm³/mol. The quantitative estimate of drug-likeness (QED) is 0.947. The number of nitrogens with one attached hydrogen (secondary N) is 1. The fraction of sp³-hybridized carbons (Fsp3) is 0.364. The number of nitrogens with zero attached hydrogens (tertiary/aromatic N) is 4. The lowest BCUT2D eigenvalue weighted by molar-refractivity contribution is -0.141. The fourth-order valence-corrected chi connectivity index (χ4v) is 1.62. The minimum absolute atomic E-state index is 0.00160. The third kappa shape index (κ3) is 3.01. The molecule has 5 nitrogen and oxygen atoms in total. The Hall–Kier alpha value is -1.83. The maximum Gasteiger partial charge on any atom is 0.433 e. The summed E-state index contributed by atoms with van der Waals surface area (Å²) in [5.74, 6) is -0.111. The summed E-state index contributed by atoms with van der Waals surface area (Å²) in [5.41, 5.74) is -0.536. The van der Waals surface area contributed by atoms with Crippen LogP contribution in [0.5, 0.6) is 0 Å². The van der Waals surface area contributed by atoms with Gasteiger partial charge < -0.3 is 5.32 Å². The van der Waals surface area contributed by atoms with E-state index in [1.165, 1.54) is 10.9 Å². The average molecular weight is 306 g/mol. The highest BCUT2D eigenvalue weighted by molar-refractivity contribution is 6.31. The smallest absolute Gasteiger partial charge is 0.354 e. The zero-order valence-electron chi connectivity index (χ0n) is 10.7. The third-order valence-electron chi connectivity index (χ3n) is 2.41. The van der Waals surface area contributed by atoms with Gasteiger partial charge in [-0.3, -0.25) is 0 Å². The molecule has 2 heterocycles. The summed E-state index contributed by atoms with van der Waals surface area (Å²) in [4.78, 5) is 7.41. The number of rotatable bonds is 3. The lowest BCUT2D eigenvalue weighted by Crippen LogP contribution is -2.14. The maximum absolute atomic E-state index is 12.8. The van der Waals surface area contributed by atoms with Gasteiger partial charge in [0, 0.05) is 12.6 Å². The summed E-state index contributed by atoms with van der Waals surface area (Å²) in [6, 6.07) is 0.823. The van der Waals surface area contributed by atoms with Gasteiger partial charge in [0.2, 0.25) is 5.95 Å². The molecule has 2 rings (SSSR count). The first-order chi connectivity index (χ1) is 9.31. The van der Waals surface area contributed by atoms with E-state index < -0.39 is 11.9 Å². The molecule has 0 saturated heterocycles. The van der Waals surface area contributed by atoms with Crippen molar-refractivity contribution in [1.29, 1.82) is 0 Å². The first-order valence-corrected chi connectivity index (χ1v) is 6.11. The summed E-state index contributed by atoms with van der Waals surface area (Å²) in [5, 5.41) is 7.01. The van der Waals surface area contributed by atoms with Gasteiger partial charge >= 0.3 is 6.18 Å². The van der Waals surface area contributed by atoms with Gasteiger partial charge in [0.05, 0.1) is 16.9 Å². The second kappa shape index (κ2) is 5.28. The second-order valence-electron chi connectivity index (χ2n) is 3.97. The second-order valence-corrected chi connectivity index (χ2v) is 4.38. The van der Waals surface area contributed by atoms with E-state index in [0.29, 0.717) is 17.3 Å². The molecular weight excluding hydrogens is 295 g/mol. The van der Waals surface area contributed by atoms with Crippen molar-refractivity contribution in [2.45, 2.75) is 20.0 Å². The monoisotopic (exact) mass is 305 g/mol. The zero-order chi connectivity index (χ0) is 14.9. The molecule has 0 aliphatic carbocycles. The van der Waals surface area contributed by atoms with Gasteiger partial charge in [-0.05, 0) is 13.8 Å². The molecule has 0 atom stereocenters. The molecule has 1 N–H and O–H groups in total. The number of aromatic nitrogens is 4. The minimum Gasteiger partial charge on any atom is -0.354 e. The van der Waals surface area contributed by atoms with Crippen LogP contribution in [0.15, 0.2) is 12.3 Å². The van der Waals surface area contributed by atoms with Crippen molar-refractivity contribution in [2.75, 3.05) is 11.9 Å². The van der Waals surface area contributed by atoms with E-state index in [-0.39, 0.29) is 11.8 Å². The van der Waals surface area contributed by atoms with Gasteiger partial charge in [-0.2, -0.15) is 23.3 Å². The van der Waals surface area contributed by atoms with Crippen molar-refractivity contribution < 1.29 is 13.2 Å². The van der Waals surface area contributed by atoms with Crippen LogP contribution in [0.25, 0.3) is 5.82 Å². The van der Waals surface area contributed by atoms with Crippen molar-refractivity contribution >= 4 is 17.5 Å². The summed E-state index contributed by atoms with van der Waals surface area (Å²) in [6.45, 7) is 3.79. The van der Waals surface area contributed by atoms with Crippen LogP contribution in [0.4, 0.5) is 19.1 Å². The molecule has 0 fully saturated rings. The molecule has 2 aromatic heterocycles. The van der Waals surface area contributed by atoms with Gasteiger partial charge in [0.1, 0.15) is 0 Å². The normalized spacial score (nSPS) is 11.7. The molecule has 2 aromatic rings. The van der Waals surface area contributed by atoms with Crippen molar-refractivity contribution in [3.05, 3.63) is 28.7 Å². The Kier molecular flexibility index (Phi) is 3.85. The molecule has 0 radical (unpaired) electrons. The highest BCUT2D eigenvalue weighted by Crippen LogP contribution is 2.29. The van der Waals surface area contributed by atoms with Crippen LogP contribution in [0.2, 0.25) is 5.02 Å². The SMILES string of the molecule is CCNc1nc(-n2cc(Cl)c(C)n2)cc(C(F)(F)F)n1. The molecular formula is C11H11ClF3N5. The number of alkyl halides is 3. The summed E-state index contributed by atoms with van der Waals surface area (Å²) >= 11 is 5.85. The molecule has 0 amide bonds. The van der Waals surface area contributed by atoms with Gasteiger partial charge in [-0.1, -0.05) is 11.6 Å². The minimum atomic E-state index is -4.56. The highest BCUT2D eigenvalue weighted by atomic mass is 35.5. The molecule has 0 aliphatic rings. The Morgan fingerprint density at radius 1 is 1.35 bits per heavy atom. The molecule has 0 aromatic carbocycles. The van der Waals surface area contributed by atoms with Crippen molar-refractivity contribution in [3.8, 4) is 5.82 Å². The topological polar surface area (TPSA) is 55.6 Å². The van der Waals surface area contributed by atoms with Crippen LogP contribution < -0.4 is 5.32 Å². The fourth-order valence-electron chi connectivity index (χ4n) is 1.49. The van der Waals surface area contributed by atoms with Crippen LogP contribution in [-0.2, 0) is 6.18 Å². The lowest BCUT2D eigenvalue weighted by Gasteiger charge is -2.10. The maximum atomic E-state index is 12.8. The van der Waals surface area contributed by atoms with E-state index in [4.69, 9.17) is 11.6 Å². The summed E-state index contributed by atoms with van der Waals surface area (Å²) in [7, 11) is 0. The van der Waals surface area contributed by atoms with E-state index in [2.05, 4.69) is 20.4 Å². The summed E-state index contributed by atoms with van der Waals surface area (Å²) in [6.07, 6.45) is -3.16. The van der Waals surface area contributed by atoms with Crippen molar-refractivity contribution in [1.82, 2.24) is 19.7 Å². The molecule has 0 bridgehead atoms. The molecule has 0 unspecified atom stereocenters. The van der Waals surface area contributed by atoms with Crippen LogP contribution in [0.1, 0.15) is 18.3 Å². The summed E-state index contributed by atoms with van der Waals surface area (Å²) < 4.78 is 39.6. The van der Waals surface area contributed by atoms with E-state index in [9.17, 15) is 13.2 Å². The van der Waals surface area contributed by atoms with Crippen molar-refractivity contribution in [2.24, 2.45) is 0 Å². The Morgan fingerprint density at radius 3 is 2.55 bits per heavy atom. The molecule has 20 heavy (non-hydrogen) atoms. The van der Waals surface area contributed by atoms with E-state index >= 15 is 0 Å². The number of aryl methyl sites for hydroxylation is 1. The number of halogens is 4. The van der Waals surface area contributed by atoms with Crippen LogP contribution >= 0.6 is 11.6 Å². The Bertz CT molecular complexity index is 604. The van der Waals surface area contributed by atoms with Gasteiger partial charge in [0.15, 0.2) is 11.5 Å². The predicted octanol–water partition coefficient (Wildman–Crippen LogP) is 3.07. The van der Waals surface area contributed by atoms with Crippen molar-refractivity contribution in [3.63, 3.8) is 0 Å². The molecule has 108 valence electrons. The molecule has 0 aliphatic heterocycles. The largest absolute Gasteiger partial charge is 0.433 e. The molecule has 0 saturated carbocycles. The molecule has 0 spiro atoms. The highest BCUT2D eigenvalue weighted by Gasteiger charge is 2.34. The number of hydrogen-bond donors (Lipinski definition) is 1. The van der Waals surface area contributed by atoms with Crippen LogP contribution in [-0.4, -0.2) is 26.3 Å². The Balaban J connectivity index is 2.54. The van der Waals surface area contributed by atoms with E-state index in [1.54, 1.807) is 13.8 Å². The molecule has 9 heteroatoms. The lowest BCUT2D eigenvalue weighted by atomic mass is 10.4. The first kappa shape index (κ1) is 14.6. The van der Waals surface area contributed by atoms with Gasteiger partial charge in [0.25, 0.3) is 0 Å². The zero-order valence-corrected chi connectivity index (χ0v) is 11.4. The van der Waals surface area contributed by atoms with E-state index in [0.717, 1.165) is 6.07 Å². The Morgan fingerprint density at radius 2 is 2.05 bits per heavy atom. The van der Waals surface area contributed by atoms with Crippen LogP contribution in [0, 0.1) is 6.92 Å². The van der Waals surface area contributed by atoms with E-state index in [1.807, 2.05) is 0 Å². The first-order valence-electron chi connectivity index (χ1n) is 5.73. The number of anilines is 1. The van der Waals surface area contributed by atoms with Gasteiger partial charge in [-0.15, -0.1) is 0 Å². The van der Waals surface area contributed by atoms with Crippen LogP contribution in [0.3, 0.4) is 0 Å². The number of hydrogen-bond acceptors (Lipinski definition) is 4. The Labute approximate surface area is 117 Å². The third-order valence-corrected chi connectivity index (χ3v) is 2.78. The standard InChI is InChI=1S/C11H11ClF3N5/c1-3-16-10-17-8(11(13,14)15)4-9(18-10)20-5-7(12)6(2)19-20/h4-5H,3H2,1-2H3,(H,16,17,18). The van der Waals surface area contributed by atoms with Gasteiger partial charge in [-0.25, -0.2) is 9.67 Å².